The molecule has 2 rings (SSSR count). The molecule has 7 heteroatoms. The van der Waals surface area contributed by atoms with Gasteiger partial charge in [0.15, 0.2) is 6.10 Å². The van der Waals surface area contributed by atoms with Crippen LogP contribution in [0.15, 0.2) is 54.6 Å². The maximum Gasteiger partial charge on any atom is 0.339 e. The van der Waals surface area contributed by atoms with Gasteiger partial charge >= 0.3 is 12.0 Å². The molecular formula is C20H19ClN2O4. The molecule has 3 amide bonds. The second-order valence-corrected chi connectivity index (χ2v) is 6.03. The fraction of sp³-hybridized carbons (Fsp3) is 0.150. The molecule has 0 radical (unpaired) electrons. The number of carbonyl (C=O) groups is 3. The van der Waals surface area contributed by atoms with Gasteiger partial charge in [0.2, 0.25) is 0 Å². The van der Waals surface area contributed by atoms with Gasteiger partial charge in [-0.05, 0) is 36.3 Å². The summed E-state index contributed by atoms with van der Waals surface area (Å²) < 4.78 is 5.24. The molecule has 0 unspecified atom stereocenters. The van der Waals surface area contributed by atoms with Crippen molar-refractivity contribution >= 4 is 41.2 Å². The Morgan fingerprint density at radius 1 is 1.04 bits per heavy atom. The zero-order valence-electron chi connectivity index (χ0n) is 14.9. The molecule has 2 aromatic rings. The number of carbonyl (C=O) groups excluding carboxylic acids is 3. The van der Waals surface area contributed by atoms with Gasteiger partial charge < -0.3 is 10.1 Å². The normalized spacial score (nSPS) is 12.0. The highest BCUT2D eigenvalue weighted by molar-refractivity contribution is 6.30. The van der Waals surface area contributed by atoms with Crippen molar-refractivity contribution in [2.45, 2.75) is 13.0 Å². The largest absolute Gasteiger partial charge is 0.449 e. The Bertz CT molecular complexity index is 848. The summed E-state index contributed by atoms with van der Waals surface area (Å²) in [5.74, 6) is -1.42. The van der Waals surface area contributed by atoms with E-state index in [4.69, 9.17) is 16.3 Å². The third-order valence-electron chi connectivity index (χ3n) is 3.60. The fourth-order valence-corrected chi connectivity index (χ4v) is 2.29. The molecule has 0 heterocycles. The lowest BCUT2D eigenvalue weighted by molar-refractivity contribution is -0.148. The summed E-state index contributed by atoms with van der Waals surface area (Å²) in [6.07, 6.45) is 0.510. The third-order valence-corrected chi connectivity index (χ3v) is 3.85. The van der Waals surface area contributed by atoms with Crippen molar-refractivity contribution < 1.29 is 19.1 Å². The monoisotopic (exact) mass is 386 g/mol. The van der Waals surface area contributed by atoms with Crippen molar-refractivity contribution in [1.82, 2.24) is 10.6 Å². The predicted molar refractivity (Wildman–Crippen MR) is 104 cm³/mol. The number of amides is 3. The first-order valence-corrected chi connectivity index (χ1v) is 8.54. The molecule has 27 heavy (non-hydrogen) atoms. The average molecular weight is 387 g/mol. The molecule has 0 saturated heterocycles. The molecule has 0 aliphatic heterocycles. The van der Waals surface area contributed by atoms with Gasteiger partial charge in [0.1, 0.15) is 0 Å². The third kappa shape index (κ3) is 5.97. The van der Waals surface area contributed by atoms with Crippen LogP contribution < -0.4 is 10.6 Å². The van der Waals surface area contributed by atoms with Gasteiger partial charge in [0.25, 0.3) is 5.91 Å². The lowest BCUT2D eigenvalue weighted by Crippen LogP contribution is -2.43. The van der Waals surface area contributed by atoms with E-state index in [1.54, 1.807) is 30.3 Å². The zero-order valence-corrected chi connectivity index (χ0v) is 15.6. The summed E-state index contributed by atoms with van der Waals surface area (Å²) >= 11 is 5.92. The second kappa shape index (κ2) is 9.54. The van der Waals surface area contributed by atoms with Crippen LogP contribution >= 0.6 is 11.6 Å². The van der Waals surface area contributed by atoms with Crippen LogP contribution in [0.25, 0.3) is 11.6 Å². The molecule has 2 aromatic carbocycles. The lowest BCUT2D eigenvalue weighted by Gasteiger charge is -2.14. The van der Waals surface area contributed by atoms with E-state index in [-0.39, 0.29) is 5.57 Å². The number of hydrogen-bond acceptors (Lipinski definition) is 4. The van der Waals surface area contributed by atoms with E-state index in [0.717, 1.165) is 5.56 Å². The molecular weight excluding hydrogens is 368 g/mol. The summed E-state index contributed by atoms with van der Waals surface area (Å²) in [7, 11) is 1.38. The first-order chi connectivity index (χ1) is 12.9. The highest BCUT2D eigenvalue weighted by Gasteiger charge is 2.22. The minimum atomic E-state index is -1.15. The molecule has 0 aliphatic carbocycles. The SMILES string of the molecule is CNC(=O)NC(=O)[C@H](C)OC(=O)/C(=C/c1ccccc1)c1ccc(Cl)cc1. The second-order valence-electron chi connectivity index (χ2n) is 5.59. The average Bonchev–Trinajstić information content (AvgIpc) is 2.67. The Kier molecular flexibility index (Phi) is 7.14. The van der Waals surface area contributed by atoms with Crippen molar-refractivity contribution in [3.63, 3.8) is 0 Å². The van der Waals surface area contributed by atoms with Crippen LogP contribution in [-0.2, 0) is 14.3 Å². The van der Waals surface area contributed by atoms with E-state index in [0.29, 0.717) is 10.6 Å². The summed E-state index contributed by atoms with van der Waals surface area (Å²) in [5.41, 5.74) is 1.64. The van der Waals surface area contributed by atoms with Crippen LogP contribution in [0.3, 0.4) is 0 Å². The van der Waals surface area contributed by atoms with Crippen molar-refractivity contribution in [2.75, 3.05) is 7.05 Å². The number of benzene rings is 2. The highest BCUT2D eigenvalue weighted by Crippen LogP contribution is 2.22. The zero-order chi connectivity index (χ0) is 19.8. The van der Waals surface area contributed by atoms with Crippen LogP contribution in [0.1, 0.15) is 18.1 Å². The number of ether oxygens (including phenoxy) is 1. The molecule has 0 saturated carbocycles. The van der Waals surface area contributed by atoms with Gasteiger partial charge in [-0.15, -0.1) is 0 Å². The van der Waals surface area contributed by atoms with Crippen molar-refractivity contribution in [2.24, 2.45) is 0 Å². The van der Waals surface area contributed by atoms with Crippen molar-refractivity contribution in [3.05, 3.63) is 70.7 Å². The van der Waals surface area contributed by atoms with Crippen LogP contribution in [0.2, 0.25) is 5.02 Å². The van der Waals surface area contributed by atoms with Gasteiger partial charge in [0.05, 0.1) is 5.57 Å². The molecule has 2 N–H and O–H groups in total. The Morgan fingerprint density at radius 2 is 1.67 bits per heavy atom. The van der Waals surface area contributed by atoms with Crippen molar-refractivity contribution in [3.8, 4) is 0 Å². The van der Waals surface area contributed by atoms with E-state index in [1.807, 2.05) is 30.3 Å². The van der Waals surface area contributed by atoms with E-state index >= 15 is 0 Å². The van der Waals surface area contributed by atoms with E-state index in [2.05, 4.69) is 10.6 Å². The fourth-order valence-electron chi connectivity index (χ4n) is 2.16. The topological polar surface area (TPSA) is 84.5 Å². The predicted octanol–water partition coefficient (Wildman–Crippen LogP) is 3.27. The number of hydrogen-bond donors (Lipinski definition) is 2. The standard InChI is InChI=1S/C20H19ClN2O4/c1-13(18(24)23-20(26)22-2)27-19(25)17(12-14-6-4-3-5-7-14)15-8-10-16(21)11-9-15/h3-13H,1-2H3,(H2,22,23,24,26)/b17-12+/t13-/m0/s1. The summed E-state index contributed by atoms with van der Waals surface area (Å²) in [5, 5.41) is 4.85. The van der Waals surface area contributed by atoms with Gasteiger partial charge in [0, 0.05) is 12.1 Å². The Morgan fingerprint density at radius 3 is 2.26 bits per heavy atom. The van der Waals surface area contributed by atoms with E-state index in [1.165, 1.54) is 14.0 Å². The first kappa shape index (κ1) is 20.2. The Labute approximate surface area is 162 Å². The first-order valence-electron chi connectivity index (χ1n) is 8.17. The Balaban J connectivity index is 2.26. The van der Waals surface area contributed by atoms with E-state index in [9.17, 15) is 14.4 Å². The minimum Gasteiger partial charge on any atom is -0.449 e. The summed E-state index contributed by atoms with van der Waals surface area (Å²) in [6.45, 7) is 1.39. The summed E-state index contributed by atoms with van der Waals surface area (Å²) in [4.78, 5) is 35.9. The number of esters is 1. The smallest absolute Gasteiger partial charge is 0.339 e. The van der Waals surface area contributed by atoms with Gasteiger partial charge in [-0.3, -0.25) is 10.1 Å². The van der Waals surface area contributed by atoms with Crippen molar-refractivity contribution in [1.29, 1.82) is 0 Å². The van der Waals surface area contributed by atoms with Gasteiger partial charge in [-0.2, -0.15) is 0 Å². The molecule has 0 spiro atoms. The highest BCUT2D eigenvalue weighted by atomic mass is 35.5. The number of urea groups is 1. The molecule has 0 aromatic heterocycles. The molecule has 0 aliphatic rings. The number of halogens is 1. The van der Waals surface area contributed by atoms with Gasteiger partial charge in [-0.1, -0.05) is 54.1 Å². The lowest BCUT2D eigenvalue weighted by atomic mass is 10.0. The Hall–Kier alpha value is -3.12. The van der Waals surface area contributed by atoms with Gasteiger partial charge in [-0.25, -0.2) is 9.59 Å². The number of imide groups is 1. The number of rotatable bonds is 5. The molecule has 140 valence electrons. The van der Waals surface area contributed by atoms with Crippen LogP contribution in [0.4, 0.5) is 4.79 Å². The van der Waals surface area contributed by atoms with Crippen LogP contribution in [0, 0.1) is 0 Å². The maximum atomic E-state index is 12.7. The number of nitrogens with one attached hydrogen (secondary N) is 2. The van der Waals surface area contributed by atoms with Crippen LogP contribution in [-0.4, -0.2) is 31.1 Å². The van der Waals surface area contributed by atoms with Crippen LogP contribution in [0.5, 0.6) is 0 Å². The van der Waals surface area contributed by atoms with E-state index < -0.39 is 24.0 Å². The quantitative estimate of drug-likeness (QED) is 0.469. The maximum absolute atomic E-state index is 12.7. The minimum absolute atomic E-state index is 0.262. The molecule has 0 bridgehead atoms. The summed E-state index contributed by atoms with van der Waals surface area (Å²) in [6, 6.07) is 15.2. The molecule has 1 atom stereocenters. The molecule has 0 fully saturated rings. The molecule has 6 nitrogen and oxygen atoms in total.